The van der Waals surface area contributed by atoms with E-state index in [4.69, 9.17) is 0 Å². The van der Waals surface area contributed by atoms with Gasteiger partial charge in [0.05, 0.1) is 5.51 Å². The van der Waals surface area contributed by atoms with Crippen molar-refractivity contribution in [3.63, 3.8) is 0 Å². The summed E-state index contributed by atoms with van der Waals surface area (Å²) in [5.41, 5.74) is 2.29. The molecule has 0 aliphatic carbocycles. The number of rotatable bonds is 6. The molecular formula is C12H20N2OS. The molecule has 0 saturated heterocycles. The summed E-state index contributed by atoms with van der Waals surface area (Å²) < 4.78 is 0. The average molecular weight is 240 g/mol. The lowest BCUT2D eigenvalue weighted by atomic mass is 10.2. The van der Waals surface area contributed by atoms with Gasteiger partial charge in [0, 0.05) is 18.0 Å². The minimum atomic E-state index is 0.0624. The van der Waals surface area contributed by atoms with Gasteiger partial charge in [-0.2, -0.15) is 0 Å². The van der Waals surface area contributed by atoms with Crippen molar-refractivity contribution in [2.24, 2.45) is 0 Å². The normalized spacial score (nSPS) is 10.8. The third-order valence-corrected chi connectivity index (χ3v) is 3.12. The first-order chi connectivity index (χ1) is 7.66. The van der Waals surface area contributed by atoms with Crippen LogP contribution in [0.5, 0.6) is 0 Å². The van der Waals surface area contributed by atoms with E-state index in [-0.39, 0.29) is 11.9 Å². The first kappa shape index (κ1) is 13.2. The molecule has 0 spiro atoms. The number of aromatic nitrogens is 1. The summed E-state index contributed by atoms with van der Waals surface area (Å²) >= 11 is 1.47. The molecule has 1 heterocycles. The molecule has 4 heteroatoms. The number of hydrogen-bond acceptors (Lipinski definition) is 3. The highest BCUT2D eigenvalue weighted by Crippen LogP contribution is 2.10. The van der Waals surface area contributed by atoms with Gasteiger partial charge in [0.2, 0.25) is 0 Å². The molecule has 16 heavy (non-hydrogen) atoms. The van der Waals surface area contributed by atoms with Gasteiger partial charge in [-0.25, -0.2) is 4.98 Å². The first-order valence-electron chi connectivity index (χ1n) is 5.86. The van der Waals surface area contributed by atoms with Gasteiger partial charge in [0.25, 0.3) is 5.91 Å². The summed E-state index contributed by atoms with van der Waals surface area (Å²) in [6.45, 7) is 7.11. The number of carbonyl (C=O) groups is 1. The van der Waals surface area contributed by atoms with Gasteiger partial charge in [0.15, 0.2) is 0 Å². The van der Waals surface area contributed by atoms with E-state index < -0.39 is 0 Å². The van der Waals surface area contributed by atoms with E-state index in [9.17, 15) is 4.79 Å². The molecule has 0 N–H and O–H groups in total. The fraction of sp³-hybridized carbons (Fsp3) is 0.667. The molecule has 0 radical (unpaired) electrons. The average Bonchev–Trinajstić information content (AvgIpc) is 2.76. The highest BCUT2D eigenvalue weighted by molar-refractivity contribution is 7.07. The van der Waals surface area contributed by atoms with Crippen LogP contribution in [-0.2, 0) is 0 Å². The predicted molar refractivity (Wildman–Crippen MR) is 67.8 cm³/mol. The van der Waals surface area contributed by atoms with Crippen molar-refractivity contribution in [1.29, 1.82) is 0 Å². The van der Waals surface area contributed by atoms with Gasteiger partial charge in [-0.05, 0) is 20.3 Å². The van der Waals surface area contributed by atoms with Crippen LogP contribution in [0.25, 0.3) is 0 Å². The van der Waals surface area contributed by atoms with Crippen molar-refractivity contribution in [3.8, 4) is 0 Å². The van der Waals surface area contributed by atoms with Crippen LogP contribution in [0.15, 0.2) is 10.9 Å². The van der Waals surface area contributed by atoms with Crippen LogP contribution >= 0.6 is 11.3 Å². The zero-order chi connectivity index (χ0) is 12.0. The SMILES string of the molecule is CCCCCN(C(=O)c1cscn1)C(C)C. The minimum Gasteiger partial charge on any atom is -0.335 e. The van der Waals surface area contributed by atoms with Gasteiger partial charge >= 0.3 is 0 Å². The third kappa shape index (κ3) is 3.59. The summed E-state index contributed by atoms with van der Waals surface area (Å²) in [7, 11) is 0. The van der Waals surface area contributed by atoms with Crippen LogP contribution in [0.3, 0.4) is 0 Å². The zero-order valence-electron chi connectivity index (χ0n) is 10.3. The molecule has 0 fully saturated rings. The maximum Gasteiger partial charge on any atom is 0.273 e. The van der Waals surface area contributed by atoms with Gasteiger partial charge in [0.1, 0.15) is 5.69 Å². The fourth-order valence-corrected chi connectivity index (χ4v) is 2.12. The lowest BCUT2D eigenvalue weighted by molar-refractivity contribution is 0.0697. The maximum atomic E-state index is 12.1. The molecule has 90 valence electrons. The van der Waals surface area contributed by atoms with Crippen molar-refractivity contribution in [2.75, 3.05) is 6.54 Å². The highest BCUT2D eigenvalue weighted by atomic mass is 32.1. The Morgan fingerprint density at radius 2 is 2.25 bits per heavy atom. The van der Waals surface area contributed by atoms with E-state index in [1.807, 2.05) is 10.3 Å². The lowest BCUT2D eigenvalue weighted by Gasteiger charge is -2.26. The topological polar surface area (TPSA) is 33.2 Å². The van der Waals surface area contributed by atoms with E-state index in [2.05, 4.69) is 25.8 Å². The van der Waals surface area contributed by atoms with E-state index in [1.54, 1.807) is 5.51 Å². The van der Waals surface area contributed by atoms with Gasteiger partial charge < -0.3 is 4.90 Å². The molecule has 0 atom stereocenters. The molecule has 1 amide bonds. The largest absolute Gasteiger partial charge is 0.335 e. The van der Waals surface area contributed by atoms with Crippen LogP contribution in [0.2, 0.25) is 0 Å². The Kier molecular flexibility index (Phi) is 5.46. The predicted octanol–water partition coefficient (Wildman–Crippen LogP) is 3.18. The smallest absolute Gasteiger partial charge is 0.273 e. The molecule has 1 aromatic heterocycles. The van der Waals surface area contributed by atoms with Gasteiger partial charge in [-0.1, -0.05) is 19.8 Å². The number of thiazole rings is 1. The second-order valence-electron chi connectivity index (χ2n) is 4.17. The second kappa shape index (κ2) is 6.63. The van der Waals surface area contributed by atoms with E-state index >= 15 is 0 Å². The van der Waals surface area contributed by atoms with Gasteiger partial charge in [-0.3, -0.25) is 4.79 Å². The molecule has 0 unspecified atom stereocenters. The molecule has 1 rings (SSSR count). The number of amides is 1. The standard InChI is InChI=1S/C12H20N2OS/c1-4-5-6-7-14(10(2)3)12(15)11-8-16-9-13-11/h8-10H,4-7H2,1-3H3. The Hall–Kier alpha value is -0.900. The Balaban J connectivity index is 2.59. The van der Waals surface area contributed by atoms with Crippen LogP contribution in [0.1, 0.15) is 50.5 Å². The summed E-state index contributed by atoms with van der Waals surface area (Å²) in [5, 5.41) is 1.82. The van der Waals surface area contributed by atoms with Crippen LogP contribution < -0.4 is 0 Å². The molecule has 0 aliphatic heterocycles. The van der Waals surface area contributed by atoms with Crippen molar-refractivity contribution >= 4 is 17.2 Å². The van der Waals surface area contributed by atoms with Crippen LogP contribution in [-0.4, -0.2) is 28.4 Å². The number of nitrogens with zero attached hydrogens (tertiary/aromatic N) is 2. The van der Waals surface area contributed by atoms with Crippen LogP contribution in [0, 0.1) is 0 Å². The van der Waals surface area contributed by atoms with Crippen molar-refractivity contribution in [3.05, 3.63) is 16.6 Å². The van der Waals surface area contributed by atoms with E-state index in [0.29, 0.717) is 5.69 Å². The third-order valence-electron chi connectivity index (χ3n) is 2.54. The van der Waals surface area contributed by atoms with Gasteiger partial charge in [-0.15, -0.1) is 11.3 Å². The molecule has 1 aromatic rings. The Morgan fingerprint density at radius 1 is 1.50 bits per heavy atom. The lowest BCUT2D eigenvalue weighted by Crippen LogP contribution is -2.37. The monoisotopic (exact) mass is 240 g/mol. The first-order valence-corrected chi connectivity index (χ1v) is 6.80. The maximum absolute atomic E-state index is 12.1. The Labute approximate surface area is 101 Å². The summed E-state index contributed by atoms with van der Waals surface area (Å²) in [6, 6.07) is 0.242. The molecule has 0 bridgehead atoms. The molecule has 0 aromatic carbocycles. The number of unbranched alkanes of at least 4 members (excludes halogenated alkanes) is 2. The Morgan fingerprint density at radius 3 is 2.75 bits per heavy atom. The zero-order valence-corrected chi connectivity index (χ0v) is 11.1. The van der Waals surface area contributed by atoms with E-state index in [1.165, 1.54) is 24.2 Å². The number of hydrogen-bond donors (Lipinski definition) is 0. The van der Waals surface area contributed by atoms with Crippen molar-refractivity contribution < 1.29 is 4.79 Å². The minimum absolute atomic E-state index is 0.0624. The van der Waals surface area contributed by atoms with Crippen molar-refractivity contribution in [2.45, 2.75) is 46.1 Å². The molecular weight excluding hydrogens is 220 g/mol. The summed E-state index contributed by atoms with van der Waals surface area (Å²) in [5.74, 6) is 0.0624. The summed E-state index contributed by atoms with van der Waals surface area (Å²) in [4.78, 5) is 18.1. The van der Waals surface area contributed by atoms with E-state index in [0.717, 1.165) is 13.0 Å². The number of carbonyl (C=O) groups excluding carboxylic acids is 1. The quantitative estimate of drug-likeness (QED) is 0.715. The highest BCUT2D eigenvalue weighted by Gasteiger charge is 2.19. The Bertz CT molecular complexity index is 309. The summed E-state index contributed by atoms with van der Waals surface area (Å²) in [6.07, 6.45) is 3.43. The van der Waals surface area contributed by atoms with Crippen molar-refractivity contribution in [1.82, 2.24) is 9.88 Å². The van der Waals surface area contributed by atoms with Crippen LogP contribution in [0.4, 0.5) is 0 Å². The molecule has 0 saturated carbocycles. The molecule has 0 aliphatic rings. The fourth-order valence-electron chi connectivity index (χ4n) is 1.59. The second-order valence-corrected chi connectivity index (χ2v) is 4.89. The molecule has 3 nitrogen and oxygen atoms in total.